The Hall–Kier alpha value is -2.73. The van der Waals surface area contributed by atoms with Gasteiger partial charge in [-0.15, -0.1) is 0 Å². The van der Waals surface area contributed by atoms with Crippen LogP contribution in [0.25, 0.3) is 0 Å². The highest BCUT2D eigenvalue weighted by molar-refractivity contribution is 5.96. The number of carbonyl (C=O) groups excluding carboxylic acids is 1. The first-order valence-electron chi connectivity index (χ1n) is 9.13. The summed E-state index contributed by atoms with van der Waals surface area (Å²) < 4.78 is 17.1. The minimum Gasteiger partial charge on any atom is -0.508 e. The van der Waals surface area contributed by atoms with E-state index in [2.05, 4.69) is 18.0 Å². The van der Waals surface area contributed by atoms with Crippen molar-refractivity contribution < 1.29 is 24.1 Å². The van der Waals surface area contributed by atoms with Crippen LogP contribution in [0.3, 0.4) is 0 Å². The van der Waals surface area contributed by atoms with Gasteiger partial charge >= 0.3 is 5.97 Å². The molecule has 5 rings (SSSR count). The van der Waals surface area contributed by atoms with Crippen LogP contribution in [0.2, 0.25) is 0 Å². The van der Waals surface area contributed by atoms with Gasteiger partial charge < -0.3 is 19.3 Å². The first kappa shape index (κ1) is 16.4. The van der Waals surface area contributed by atoms with Gasteiger partial charge in [0, 0.05) is 23.2 Å². The number of nitrogens with zero attached hydrogens (tertiary/aromatic N) is 1. The Morgan fingerprint density at radius 1 is 1.19 bits per heavy atom. The Bertz CT molecular complexity index is 983. The standard InChI is InChI=1S/C21H21NO5/c1-10-14(23)5-4-13-17(10)21(24)27-20(13)18-16-11(2)19-15(25-9-26-19)8-12(16)6-7-22(18)3/h4-5,8,18,20,23H,6-7,9H2,1-3H3/t18-,20+/m1/s1. The molecule has 0 saturated heterocycles. The van der Waals surface area contributed by atoms with E-state index in [4.69, 9.17) is 14.2 Å². The fourth-order valence-corrected chi connectivity index (χ4v) is 4.65. The fourth-order valence-electron chi connectivity index (χ4n) is 4.65. The number of phenols is 1. The molecule has 0 spiro atoms. The van der Waals surface area contributed by atoms with Gasteiger partial charge in [0.15, 0.2) is 11.5 Å². The molecule has 0 fully saturated rings. The first-order chi connectivity index (χ1) is 13.0. The minimum atomic E-state index is -0.421. The molecule has 0 radical (unpaired) electrons. The number of ether oxygens (including phenoxy) is 3. The lowest BCUT2D eigenvalue weighted by Gasteiger charge is -2.38. The van der Waals surface area contributed by atoms with E-state index in [9.17, 15) is 9.90 Å². The maximum atomic E-state index is 12.6. The van der Waals surface area contributed by atoms with Gasteiger partial charge in [0.2, 0.25) is 6.79 Å². The molecule has 0 aliphatic carbocycles. The summed E-state index contributed by atoms with van der Waals surface area (Å²) in [5.74, 6) is 1.31. The molecule has 6 nitrogen and oxygen atoms in total. The van der Waals surface area contributed by atoms with Crippen LogP contribution in [0.1, 0.15) is 50.3 Å². The van der Waals surface area contributed by atoms with E-state index in [1.54, 1.807) is 19.1 Å². The summed E-state index contributed by atoms with van der Waals surface area (Å²) in [4.78, 5) is 14.8. The Balaban J connectivity index is 1.69. The van der Waals surface area contributed by atoms with E-state index in [1.165, 1.54) is 5.56 Å². The van der Waals surface area contributed by atoms with Gasteiger partial charge in [-0.05, 0) is 50.6 Å². The number of likely N-dealkylation sites (N-methyl/N-ethyl adjacent to an activating group) is 1. The third-order valence-electron chi connectivity index (χ3n) is 6.04. The second-order valence-corrected chi connectivity index (χ2v) is 7.48. The average molecular weight is 367 g/mol. The Kier molecular flexibility index (Phi) is 3.43. The zero-order chi connectivity index (χ0) is 18.9. The quantitative estimate of drug-likeness (QED) is 0.781. The number of carbonyl (C=O) groups is 1. The van der Waals surface area contributed by atoms with Crippen molar-refractivity contribution in [1.82, 2.24) is 4.90 Å². The number of fused-ring (bicyclic) bond motifs is 3. The molecule has 0 bridgehead atoms. The lowest BCUT2D eigenvalue weighted by atomic mass is 9.83. The predicted molar refractivity (Wildman–Crippen MR) is 97.4 cm³/mol. The number of phenolic OH excluding ortho intramolecular Hbond substituents is 1. The number of cyclic esters (lactones) is 1. The molecule has 6 heteroatoms. The first-order valence-corrected chi connectivity index (χ1v) is 9.13. The Morgan fingerprint density at radius 2 is 2.00 bits per heavy atom. The van der Waals surface area contributed by atoms with E-state index in [1.807, 2.05) is 6.92 Å². The van der Waals surface area contributed by atoms with Crippen LogP contribution < -0.4 is 9.47 Å². The lowest BCUT2D eigenvalue weighted by Crippen LogP contribution is -2.36. The van der Waals surface area contributed by atoms with Gasteiger partial charge in [0.05, 0.1) is 11.6 Å². The molecular formula is C21H21NO5. The van der Waals surface area contributed by atoms with E-state index in [0.29, 0.717) is 11.1 Å². The smallest absolute Gasteiger partial charge is 0.339 e. The Labute approximate surface area is 157 Å². The van der Waals surface area contributed by atoms with Crippen LogP contribution >= 0.6 is 0 Å². The van der Waals surface area contributed by atoms with E-state index >= 15 is 0 Å². The highest BCUT2D eigenvalue weighted by atomic mass is 16.7. The number of rotatable bonds is 1. The molecular weight excluding hydrogens is 346 g/mol. The number of hydrogen-bond acceptors (Lipinski definition) is 6. The minimum absolute atomic E-state index is 0.114. The maximum absolute atomic E-state index is 12.6. The van der Waals surface area contributed by atoms with Crippen LogP contribution in [0.15, 0.2) is 18.2 Å². The van der Waals surface area contributed by atoms with E-state index in [-0.39, 0.29) is 24.6 Å². The second-order valence-electron chi connectivity index (χ2n) is 7.48. The van der Waals surface area contributed by atoms with Crippen molar-refractivity contribution >= 4 is 5.97 Å². The molecule has 3 aliphatic rings. The second kappa shape index (κ2) is 5.63. The van der Waals surface area contributed by atoms with Crippen molar-refractivity contribution in [2.24, 2.45) is 0 Å². The highest BCUT2D eigenvalue weighted by Gasteiger charge is 2.44. The zero-order valence-electron chi connectivity index (χ0n) is 15.5. The number of aromatic hydroxyl groups is 1. The molecule has 0 amide bonds. The van der Waals surface area contributed by atoms with Crippen LogP contribution in [-0.2, 0) is 11.2 Å². The molecule has 0 unspecified atom stereocenters. The van der Waals surface area contributed by atoms with Gasteiger partial charge in [-0.25, -0.2) is 4.79 Å². The van der Waals surface area contributed by atoms with Crippen LogP contribution in [0.4, 0.5) is 0 Å². The summed E-state index contributed by atoms with van der Waals surface area (Å²) >= 11 is 0. The monoisotopic (exact) mass is 367 g/mol. The highest BCUT2D eigenvalue weighted by Crippen LogP contribution is 2.51. The molecule has 0 aromatic heterocycles. The molecule has 3 heterocycles. The van der Waals surface area contributed by atoms with Crippen molar-refractivity contribution in [1.29, 1.82) is 0 Å². The maximum Gasteiger partial charge on any atom is 0.339 e. The number of hydrogen-bond donors (Lipinski definition) is 1. The van der Waals surface area contributed by atoms with Crippen molar-refractivity contribution in [3.05, 3.63) is 51.6 Å². The summed E-state index contributed by atoms with van der Waals surface area (Å²) in [5.41, 5.74) is 5.28. The summed E-state index contributed by atoms with van der Waals surface area (Å²) in [6.45, 7) is 4.88. The molecule has 2 aromatic rings. The van der Waals surface area contributed by atoms with Gasteiger partial charge in [-0.2, -0.15) is 0 Å². The van der Waals surface area contributed by atoms with Gasteiger partial charge in [-0.3, -0.25) is 4.90 Å². The number of benzene rings is 2. The summed E-state index contributed by atoms with van der Waals surface area (Å²) in [5, 5.41) is 10.0. The van der Waals surface area contributed by atoms with Gasteiger partial charge in [0.1, 0.15) is 11.9 Å². The topological polar surface area (TPSA) is 68.2 Å². The molecule has 0 saturated carbocycles. The van der Waals surface area contributed by atoms with E-state index in [0.717, 1.165) is 41.2 Å². The molecule has 1 N–H and O–H groups in total. The van der Waals surface area contributed by atoms with Gasteiger partial charge in [-0.1, -0.05) is 6.07 Å². The summed E-state index contributed by atoms with van der Waals surface area (Å²) in [7, 11) is 2.05. The third-order valence-corrected chi connectivity index (χ3v) is 6.04. The van der Waals surface area contributed by atoms with E-state index < -0.39 is 6.10 Å². The normalized spacial score (nSPS) is 23.1. The fraction of sp³-hybridized carbons (Fsp3) is 0.381. The van der Waals surface area contributed by atoms with Crippen molar-refractivity contribution in [2.75, 3.05) is 20.4 Å². The van der Waals surface area contributed by atoms with Crippen molar-refractivity contribution in [3.63, 3.8) is 0 Å². The Morgan fingerprint density at radius 3 is 2.81 bits per heavy atom. The number of esters is 1. The molecule has 2 atom stereocenters. The van der Waals surface area contributed by atoms with Crippen LogP contribution in [-0.4, -0.2) is 36.4 Å². The van der Waals surface area contributed by atoms with Crippen LogP contribution in [0, 0.1) is 13.8 Å². The lowest BCUT2D eigenvalue weighted by molar-refractivity contribution is 0.00923. The predicted octanol–water partition coefficient (Wildman–Crippen LogP) is 3.18. The summed E-state index contributed by atoms with van der Waals surface area (Å²) in [6.07, 6.45) is 0.483. The molecule has 27 heavy (non-hydrogen) atoms. The zero-order valence-corrected chi connectivity index (χ0v) is 15.5. The molecule has 140 valence electrons. The average Bonchev–Trinajstić information content (AvgIpc) is 3.24. The molecule has 3 aliphatic heterocycles. The summed E-state index contributed by atoms with van der Waals surface area (Å²) in [6, 6.07) is 5.39. The van der Waals surface area contributed by atoms with Crippen LogP contribution in [0.5, 0.6) is 17.2 Å². The third kappa shape index (κ3) is 2.19. The van der Waals surface area contributed by atoms with Gasteiger partial charge in [0.25, 0.3) is 0 Å². The van der Waals surface area contributed by atoms with Crippen molar-refractivity contribution in [2.45, 2.75) is 32.4 Å². The molecule has 2 aromatic carbocycles. The van der Waals surface area contributed by atoms with Crippen molar-refractivity contribution in [3.8, 4) is 17.2 Å². The largest absolute Gasteiger partial charge is 0.508 e. The SMILES string of the molecule is Cc1c(O)ccc2c1C(=O)O[C@@H]2[C@H]1c2c(cc3c(c2C)OCO3)CCN1C.